The third kappa shape index (κ3) is 9.06. The molecule has 1 saturated carbocycles. The number of aromatic hydroxyl groups is 3. The molecule has 3 aromatic carbocycles. The van der Waals surface area contributed by atoms with Crippen molar-refractivity contribution in [2.75, 3.05) is 33.0 Å². The van der Waals surface area contributed by atoms with Crippen LogP contribution in [0.15, 0.2) is 78.9 Å². The first-order valence-electron chi connectivity index (χ1n) is 19.0. The number of carboxylic acid groups (broad SMARTS) is 1. The molecule has 0 amide bonds. The number of carbonyl (C=O) groups excluding carboxylic acids is 2. The molecular weight excluding hydrogens is 738 g/mol. The molecule has 2 bridgehead atoms. The van der Waals surface area contributed by atoms with Gasteiger partial charge in [-0.15, -0.1) is 0 Å². The van der Waals surface area contributed by atoms with Gasteiger partial charge in [-0.3, -0.25) is 9.59 Å². The fraction of sp³-hybridized carbons (Fsp3) is 0.419. The lowest BCUT2D eigenvalue weighted by molar-refractivity contribution is -0.302. The number of aliphatic carboxylic acids is 1. The topological polar surface area (TPSA) is 236 Å². The second-order valence-electron chi connectivity index (χ2n) is 15.0. The highest BCUT2D eigenvalue weighted by Crippen LogP contribution is 2.53. The van der Waals surface area contributed by atoms with Crippen molar-refractivity contribution in [1.29, 1.82) is 0 Å². The van der Waals surface area contributed by atoms with Crippen molar-refractivity contribution in [2.45, 2.75) is 61.6 Å². The number of hydrogen-bond acceptors (Lipinski definition) is 13. The number of ketones is 2. The van der Waals surface area contributed by atoms with Crippen molar-refractivity contribution in [3.05, 3.63) is 95.6 Å². The number of aryl methyl sites for hydroxylation is 1. The van der Waals surface area contributed by atoms with Gasteiger partial charge in [-0.05, 0) is 84.7 Å². The lowest BCUT2D eigenvalue weighted by atomic mass is 9.60. The molecule has 14 heteroatoms. The maximum Gasteiger partial charge on any atom is 0.336 e. The predicted octanol–water partition coefficient (Wildman–Crippen LogP) is 3.40. The molecule has 57 heavy (non-hydrogen) atoms. The van der Waals surface area contributed by atoms with E-state index in [0.29, 0.717) is 24.0 Å². The molecule has 2 aliphatic heterocycles. The molecular formula is C43H49NO13. The number of carboxylic acids is 1. The second-order valence-corrected chi connectivity index (χ2v) is 15.0. The maximum absolute atomic E-state index is 14.5. The Kier molecular flexibility index (Phi) is 13.1. The highest BCUT2D eigenvalue weighted by molar-refractivity contribution is 6.00. The Hall–Kier alpha value is -5.09. The predicted molar refractivity (Wildman–Crippen MR) is 206 cm³/mol. The minimum atomic E-state index is -2.17. The SMILES string of the molecule is NCCOc1ccc(/C=C/C(=O)CO[C@@]2(C(=O)O)C[C@@H](O)[C@H]3OC[C@@H](CCc4ccccc4)C[C@@]4(C(=O)/C=C/c5ccc(O)c(O)c5)O[C@@H]3[C@@H]2C[C@@H]4CO)cc1O. The average molecular weight is 788 g/mol. The number of aliphatic hydroxyl groups is 2. The van der Waals surface area contributed by atoms with Crippen LogP contribution in [0.3, 0.4) is 0 Å². The van der Waals surface area contributed by atoms with Gasteiger partial charge in [0.1, 0.15) is 24.9 Å². The van der Waals surface area contributed by atoms with Crippen LogP contribution >= 0.6 is 0 Å². The maximum atomic E-state index is 14.5. The number of rotatable bonds is 16. The Labute approximate surface area is 329 Å². The Morgan fingerprint density at radius 3 is 2.30 bits per heavy atom. The third-order valence-corrected chi connectivity index (χ3v) is 11.3. The fourth-order valence-electron chi connectivity index (χ4n) is 8.34. The molecule has 0 spiro atoms. The average Bonchev–Trinajstić information content (AvgIpc) is 3.19. The zero-order valence-corrected chi connectivity index (χ0v) is 31.3. The molecule has 304 valence electrons. The minimum absolute atomic E-state index is 0.0765. The number of hydrogen-bond donors (Lipinski definition) is 7. The van der Waals surface area contributed by atoms with Gasteiger partial charge in [0.2, 0.25) is 0 Å². The zero-order chi connectivity index (χ0) is 40.7. The van der Waals surface area contributed by atoms with E-state index in [2.05, 4.69) is 0 Å². The number of ether oxygens (including phenoxy) is 4. The molecule has 6 rings (SSSR count). The molecule has 8 N–H and O–H groups in total. The van der Waals surface area contributed by atoms with Gasteiger partial charge in [-0.25, -0.2) is 4.79 Å². The van der Waals surface area contributed by atoms with E-state index < -0.39 is 78.5 Å². The van der Waals surface area contributed by atoms with E-state index in [1.807, 2.05) is 30.3 Å². The van der Waals surface area contributed by atoms with Crippen LogP contribution < -0.4 is 10.5 Å². The van der Waals surface area contributed by atoms with Gasteiger partial charge < -0.3 is 55.3 Å². The van der Waals surface area contributed by atoms with Gasteiger partial charge >= 0.3 is 5.97 Å². The van der Waals surface area contributed by atoms with Crippen LogP contribution in [0.25, 0.3) is 12.2 Å². The molecule has 1 aliphatic carbocycles. The highest BCUT2D eigenvalue weighted by atomic mass is 16.6. The summed E-state index contributed by atoms with van der Waals surface area (Å²) in [4.78, 5) is 40.9. The first kappa shape index (κ1) is 41.5. The molecule has 2 saturated heterocycles. The Morgan fingerprint density at radius 1 is 0.895 bits per heavy atom. The number of carbonyl (C=O) groups is 3. The Morgan fingerprint density at radius 2 is 1.61 bits per heavy atom. The summed E-state index contributed by atoms with van der Waals surface area (Å²) in [7, 11) is 0. The van der Waals surface area contributed by atoms with Gasteiger partial charge in [-0.1, -0.05) is 54.6 Å². The number of phenolic OH excluding ortho intramolecular Hbond substituents is 3. The largest absolute Gasteiger partial charge is 0.504 e. The molecule has 14 nitrogen and oxygen atoms in total. The van der Waals surface area contributed by atoms with E-state index in [4.69, 9.17) is 24.7 Å². The van der Waals surface area contributed by atoms with Gasteiger partial charge in [0.05, 0.1) is 18.8 Å². The van der Waals surface area contributed by atoms with Crippen molar-refractivity contribution in [3.8, 4) is 23.0 Å². The van der Waals surface area contributed by atoms with Gasteiger partial charge in [-0.2, -0.15) is 0 Å². The summed E-state index contributed by atoms with van der Waals surface area (Å²) in [5.41, 5.74) is 3.55. The molecule has 2 heterocycles. The number of nitrogens with two attached hydrogens (primary N) is 1. The van der Waals surface area contributed by atoms with Gasteiger partial charge in [0.15, 0.2) is 40.2 Å². The number of phenols is 3. The molecule has 8 atom stereocenters. The molecule has 0 unspecified atom stereocenters. The van der Waals surface area contributed by atoms with Crippen molar-refractivity contribution >= 4 is 29.7 Å². The standard InChI is InChI=1S/C43H49NO13/c44-16-17-54-37-14-10-27(19-35(37)49)8-12-31(46)25-56-43(41(52)53)22-36(50)40-39-32(43)20-30(23-45)42(57-39,38(51)15-11-28-9-13-33(47)34(48)18-28)21-29(24-55-40)7-6-26-4-2-1-3-5-26/h1-5,8-15,18-19,29-30,32,36,39-40,45,47-50H,6-7,16-17,20-25,44H2,(H,52,53)/b12-8+,15-11+/t29-,30+,32-,36+,39+,40+,42+,43-/m0/s1. The molecule has 3 aliphatic rings. The van der Waals surface area contributed by atoms with Crippen LogP contribution in [0.1, 0.15) is 42.4 Å². The first-order valence-corrected chi connectivity index (χ1v) is 19.0. The van der Waals surface area contributed by atoms with Crippen LogP contribution in [0.5, 0.6) is 23.0 Å². The number of benzene rings is 3. The molecule has 0 radical (unpaired) electrons. The van der Waals surface area contributed by atoms with E-state index in [1.165, 1.54) is 54.6 Å². The van der Waals surface area contributed by atoms with E-state index >= 15 is 0 Å². The molecule has 3 aromatic rings. The fourth-order valence-corrected chi connectivity index (χ4v) is 8.34. The summed E-state index contributed by atoms with van der Waals surface area (Å²) in [5.74, 6) is -5.47. The summed E-state index contributed by atoms with van der Waals surface area (Å²) in [6.07, 6.45) is 2.47. The monoisotopic (exact) mass is 787 g/mol. The second kappa shape index (κ2) is 18.0. The number of aliphatic hydroxyl groups excluding tert-OH is 2. The van der Waals surface area contributed by atoms with E-state index in [9.17, 15) is 45.0 Å². The van der Waals surface area contributed by atoms with Crippen LogP contribution in [-0.4, -0.2) is 111 Å². The van der Waals surface area contributed by atoms with Crippen molar-refractivity contribution in [3.63, 3.8) is 0 Å². The van der Waals surface area contributed by atoms with E-state index in [1.54, 1.807) is 6.07 Å². The summed E-state index contributed by atoms with van der Waals surface area (Å²) in [6.45, 7) is -0.667. The molecule has 3 fully saturated rings. The Balaban J connectivity index is 1.28. The summed E-state index contributed by atoms with van der Waals surface area (Å²) >= 11 is 0. The van der Waals surface area contributed by atoms with Gasteiger partial charge in [0, 0.05) is 31.4 Å². The first-order chi connectivity index (χ1) is 27.4. The van der Waals surface area contributed by atoms with Crippen LogP contribution in [-0.2, 0) is 35.0 Å². The number of fused-ring (bicyclic) bond motifs is 1. The third-order valence-electron chi connectivity index (χ3n) is 11.3. The summed E-state index contributed by atoms with van der Waals surface area (Å²) in [5, 5.41) is 63.5. The van der Waals surface area contributed by atoms with Crippen molar-refractivity contribution in [2.24, 2.45) is 23.5 Å². The lowest BCUT2D eigenvalue weighted by Gasteiger charge is -2.59. The summed E-state index contributed by atoms with van der Waals surface area (Å²) in [6, 6.07) is 18.4. The van der Waals surface area contributed by atoms with Crippen LogP contribution in [0, 0.1) is 17.8 Å². The van der Waals surface area contributed by atoms with E-state index in [0.717, 1.165) is 5.56 Å². The quantitative estimate of drug-likeness (QED) is 0.0815. The normalized spacial score (nSPS) is 28.5. The molecule has 0 aromatic heterocycles. The van der Waals surface area contributed by atoms with Crippen LogP contribution in [0.2, 0.25) is 0 Å². The van der Waals surface area contributed by atoms with Gasteiger partial charge in [0.25, 0.3) is 0 Å². The van der Waals surface area contributed by atoms with E-state index in [-0.39, 0.29) is 61.5 Å². The zero-order valence-electron chi connectivity index (χ0n) is 31.3. The smallest absolute Gasteiger partial charge is 0.336 e. The van der Waals surface area contributed by atoms with Crippen molar-refractivity contribution < 1.29 is 64.0 Å². The van der Waals surface area contributed by atoms with Crippen LogP contribution in [0.4, 0.5) is 0 Å². The summed E-state index contributed by atoms with van der Waals surface area (Å²) < 4.78 is 24.5. The Bertz CT molecular complexity index is 1970. The minimum Gasteiger partial charge on any atom is -0.504 e. The lowest BCUT2D eigenvalue weighted by Crippen LogP contribution is -2.72. The highest BCUT2D eigenvalue weighted by Gasteiger charge is 2.66. The van der Waals surface area contributed by atoms with Crippen molar-refractivity contribution in [1.82, 2.24) is 0 Å².